The minimum atomic E-state index is -0.444. The Kier molecular flexibility index (Phi) is 4.74. The normalized spacial score (nSPS) is 17.0. The smallest absolute Gasteiger partial charge is 0.319 e. The summed E-state index contributed by atoms with van der Waals surface area (Å²) in [7, 11) is 0. The molecule has 1 heterocycles. The summed E-state index contributed by atoms with van der Waals surface area (Å²) in [4.78, 5) is 25.8. The Morgan fingerprint density at radius 2 is 1.96 bits per heavy atom. The SMILES string of the molecule is O=C(Nc1cccc(F)c1)NC1CC(=O)N(Cc2ccccc2)C1. The summed E-state index contributed by atoms with van der Waals surface area (Å²) in [6.45, 7) is 0.994. The highest BCUT2D eigenvalue weighted by Crippen LogP contribution is 2.15. The average molecular weight is 327 g/mol. The first-order valence-corrected chi connectivity index (χ1v) is 7.75. The average Bonchev–Trinajstić information content (AvgIpc) is 2.87. The van der Waals surface area contributed by atoms with Gasteiger partial charge >= 0.3 is 6.03 Å². The van der Waals surface area contributed by atoms with Crippen molar-refractivity contribution >= 4 is 17.6 Å². The van der Waals surface area contributed by atoms with Crippen molar-refractivity contribution in [2.45, 2.75) is 19.0 Å². The Balaban J connectivity index is 1.53. The van der Waals surface area contributed by atoms with Crippen LogP contribution in [0, 0.1) is 5.82 Å². The molecular formula is C18H18FN3O2. The maximum absolute atomic E-state index is 13.1. The number of nitrogens with one attached hydrogen (secondary N) is 2. The van der Waals surface area contributed by atoms with Crippen LogP contribution in [0.25, 0.3) is 0 Å². The molecule has 2 N–H and O–H groups in total. The first-order chi connectivity index (χ1) is 11.6. The van der Waals surface area contributed by atoms with Gasteiger partial charge in [0, 0.05) is 25.2 Å². The summed E-state index contributed by atoms with van der Waals surface area (Å²) in [5.74, 6) is -0.409. The molecule has 1 aliphatic heterocycles. The third kappa shape index (κ3) is 4.10. The van der Waals surface area contributed by atoms with E-state index < -0.39 is 11.8 Å². The lowest BCUT2D eigenvalue weighted by atomic mass is 10.2. The molecule has 1 aliphatic rings. The number of urea groups is 1. The van der Waals surface area contributed by atoms with E-state index in [9.17, 15) is 14.0 Å². The molecule has 124 valence electrons. The van der Waals surface area contributed by atoms with E-state index in [0.29, 0.717) is 18.8 Å². The highest BCUT2D eigenvalue weighted by atomic mass is 19.1. The fraction of sp³-hybridized carbons (Fsp3) is 0.222. The number of rotatable bonds is 4. The number of anilines is 1. The van der Waals surface area contributed by atoms with Gasteiger partial charge in [-0.25, -0.2) is 9.18 Å². The van der Waals surface area contributed by atoms with Crippen LogP contribution < -0.4 is 10.6 Å². The summed E-state index contributed by atoms with van der Waals surface area (Å²) in [5, 5.41) is 5.33. The van der Waals surface area contributed by atoms with Gasteiger partial charge in [-0.3, -0.25) is 4.79 Å². The Bertz CT molecular complexity index is 736. The Labute approximate surface area is 139 Å². The predicted octanol–water partition coefficient (Wildman–Crippen LogP) is 2.75. The molecule has 1 fully saturated rings. The highest BCUT2D eigenvalue weighted by Gasteiger charge is 2.30. The van der Waals surface area contributed by atoms with Crippen molar-refractivity contribution < 1.29 is 14.0 Å². The Hall–Kier alpha value is -2.89. The molecule has 2 aromatic carbocycles. The Morgan fingerprint density at radius 3 is 2.71 bits per heavy atom. The van der Waals surface area contributed by atoms with Gasteiger partial charge in [-0.05, 0) is 23.8 Å². The van der Waals surface area contributed by atoms with Crippen molar-refractivity contribution in [3.63, 3.8) is 0 Å². The van der Waals surface area contributed by atoms with Crippen LogP contribution in [0.4, 0.5) is 14.9 Å². The fourth-order valence-corrected chi connectivity index (χ4v) is 2.74. The second-order valence-corrected chi connectivity index (χ2v) is 5.77. The third-order valence-corrected chi connectivity index (χ3v) is 3.85. The van der Waals surface area contributed by atoms with Crippen molar-refractivity contribution in [2.75, 3.05) is 11.9 Å². The highest BCUT2D eigenvalue weighted by molar-refractivity contribution is 5.90. The van der Waals surface area contributed by atoms with E-state index >= 15 is 0 Å². The zero-order chi connectivity index (χ0) is 16.9. The van der Waals surface area contributed by atoms with Crippen molar-refractivity contribution in [1.82, 2.24) is 10.2 Å². The van der Waals surface area contributed by atoms with Crippen LogP contribution in [-0.2, 0) is 11.3 Å². The molecule has 3 amide bonds. The van der Waals surface area contributed by atoms with Crippen LogP contribution in [0.1, 0.15) is 12.0 Å². The molecule has 0 aliphatic carbocycles. The van der Waals surface area contributed by atoms with E-state index in [1.54, 1.807) is 11.0 Å². The van der Waals surface area contributed by atoms with Gasteiger partial charge in [0.2, 0.25) is 5.91 Å². The maximum atomic E-state index is 13.1. The molecule has 0 bridgehead atoms. The van der Waals surface area contributed by atoms with Crippen LogP contribution in [0.2, 0.25) is 0 Å². The molecule has 1 unspecified atom stereocenters. The number of benzene rings is 2. The van der Waals surface area contributed by atoms with Gasteiger partial charge in [-0.2, -0.15) is 0 Å². The van der Waals surface area contributed by atoms with E-state index in [-0.39, 0.29) is 18.4 Å². The van der Waals surface area contributed by atoms with Gasteiger partial charge in [-0.15, -0.1) is 0 Å². The monoisotopic (exact) mass is 327 g/mol. The zero-order valence-electron chi connectivity index (χ0n) is 13.0. The van der Waals surface area contributed by atoms with Crippen molar-refractivity contribution in [2.24, 2.45) is 0 Å². The van der Waals surface area contributed by atoms with E-state index in [1.807, 2.05) is 30.3 Å². The molecule has 0 radical (unpaired) electrons. The van der Waals surface area contributed by atoms with Crippen LogP contribution in [0.3, 0.4) is 0 Å². The van der Waals surface area contributed by atoms with E-state index in [2.05, 4.69) is 10.6 Å². The molecule has 0 spiro atoms. The number of carbonyl (C=O) groups excluding carboxylic acids is 2. The standard InChI is InChI=1S/C18H18FN3O2/c19-14-7-4-8-15(9-14)20-18(24)21-16-10-17(23)22(12-16)11-13-5-2-1-3-6-13/h1-9,16H,10-12H2,(H2,20,21,24). The number of nitrogens with zero attached hydrogens (tertiary/aromatic N) is 1. The summed E-state index contributed by atoms with van der Waals surface area (Å²) in [5.41, 5.74) is 1.42. The van der Waals surface area contributed by atoms with Crippen molar-refractivity contribution in [1.29, 1.82) is 0 Å². The summed E-state index contributed by atoms with van der Waals surface area (Å²) >= 11 is 0. The third-order valence-electron chi connectivity index (χ3n) is 3.85. The topological polar surface area (TPSA) is 61.4 Å². The van der Waals surface area contributed by atoms with Crippen molar-refractivity contribution in [3.8, 4) is 0 Å². The van der Waals surface area contributed by atoms with E-state index in [0.717, 1.165) is 5.56 Å². The number of carbonyl (C=O) groups is 2. The van der Waals surface area contributed by atoms with Gasteiger partial charge in [-0.1, -0.05) is 36.4 Å². The van der Waals surface area contributed by atoms with Crippen LogP contribution >= 0.6 is 0 Å². The van der Waals surface area contributed by atoms with Crippen LogP contribution in [-0.4, -0.2) is 29.4 Å². The van der Waals surface area contributed by atoms with E-state index in [4.69, 9.17) is 0 Å². The van der Waals surface area contributed by atoms with Gasteiger partial charge in [0.25, 0.3) is 0 Å². The quantitative estimate of drug-likeness (QED) is 0.907. The summed E-state index contributed by atoms with van der Waals surface area (Å²) in [6, 6.07) is 14.7. The first kappa shape index (κ1) is 16.0. The minimum absolute atomic E-state index is 0.00917. The fourth-order valence-electron chi connectivity index (χ4n) is 2.74. The number of likely N-dealkylation sites (tertiary alicyclic amines) is 1. The number of hydrogen-bond acceptors (Lipinski definition) is 2. The summed E-state index contributed by atoms with van der Waals surface area (Å²) in [6.07, 6.45) is 0.267. The molecule has 24 heavy (non-hydrogen) atoms. The van der Waals surface area contributed by atoms with Crippen LogP contribution in [0.15, 0.2) is 54.6 Å². The van der Waals surface area contributed by atoms with Gasteiger partial charge in [0.1, 0.15) is 5.82 Å². The lowest BCUT2D eigenvalue weighted by Crippen LogP contribution is -2.39. The maximum Gasteiger partial charge on any atom is 0.319 e. The first-order valence-electron chi connectivity index (χ1n) is 7.75. The van der Waals surface area contributed by atoms with Gasteiger partial charge in [0.15, 0.2) is 0 Å². The Morgan fingerprint density at radius 1 is 1.17 bits per heavy atom. The molecule has 1 saturated heterocycles. The van der Waals surface area contributed by atoms with Crippen molar-refractivity contribution in [3.05, 3.63) is 66.0 Å². The molecule has 0 saturated carbocycles. The number of amides is 3. The minimum Gasteiger partial charge on any atom is -0.336 e. The number of hydrogen-bond donors (Lipinski definition) is 2. The lowest BCUT2D eigenvalue weighted by Gasteiger charge is -2.17. The van der Waals surface area contributed by atoms with E-state index in [1.165, 1.54) is 18.2 Å². The molecule has 5 nitrogen and oxygen atoms in total. The zero-order valence-corrected chi connectivity index (χ0v) is 13.0. The van der Waals surface area contributed by atoms with Gasteiger partial charge in [0.05, 0.1) is 6.04 Å². The molecule has 1 atom stereocenters. The van der Waals surface area contributed by atoms with Crippen LogP contribution in [0.5, 0.6) is 0 Å². The molecule has 2 aromatic rings. The molecular weight excluding hydrogens is 309 g/mol. The molecule has 3 rings (SSSR count). The largest absolute Gasteiger partial charge is 0.336 e. The lowest BCUT2D eigenvalue weighted by molar-refractivity contribution is -0.128. The molecule has 0 aromatic heterocycles. The second kappa shape index (κ2) is 7.12. The second-order valence-electron chi connectivity index (χ2n) is 5.77. The predicted molar refractivity (Wildman–Crippen MR) is 88.8 cm³/mol. The van der Waals surface area contributed by atoms with Gasteiger partial charge < -0.3 is 15.5 Å². The summed E-state index contributed by atoms with van der Waals surface area (Å²) < 4.78 is 13.1. The number of halogens is 1. The molecule has 6 heteroatoms.